The van der Waals surface area contributed by atoms with Crippen molar-refractivity contribution < 1.29 is 17.9 Å². The zero-order valence-electron chi connectivity index (χ0n) is 16.5. The van der Waals surface area contributed by atoms with Gasteiger partial charge in [-0.2, -0.15) is 4.31 Å². The summed E-state index contributed by atoms with van der Waals surface area (Å²) in [5.41, 5.74) is 0.918. The van der Waals surface area contributed by atoms with Crippen LogP contribution in [0.15, 0.2) is 57.9 Å². The van der Waals surface area contributed by atoms with E-state index in [0.717, 1.165) is 15.8 Å². The molecule has 2 aromatic rings. The number of carbonyl (C=O) groups excluding carboxylic acids is 1. The third-order valence-corrected chi connectivity index (χ3v) is 7.57. The molecule has 2 aromatic carbocycles. The second-order valence-electron chi connectivity index (χ2n) is 7.16. The lowest BCUT2D eigenvalue weighted by molar-refractivity contribution is -0.135. The largest absolute Gasteiger partial charge is 0.496 e. The smallest absolute Gasteiger partial charge is 0.243 e. The maximum atomic E-state index is 13.0. The Kier molecular flexibility index (Phi) is 6.97. The minimum atomic E-state index is -3.62. The van der Waals surface area contributed by atoms with Crippen LogP contribution in [0.2, 0.25) is 0 Å². The van der Waals surface area contributed by atoms with Gasteiger partial charge in [0.25, 0.3) is 0 Å². The lowest BCUT2D eigenvalue weighted by Crippen LogP contribution is -2.45. The number of nitrogens with zero attached hydrogens (tertiary/aromatic N) is 2. The van der Waals surface area contributed by atoms with E-state index in [-0.39, 0.29) is 23.3 Å². The first kappa shape index (κ1) is 21.8. The van der Waals surface area contributed by atoms with Crippen LogP contribution in [0.1, 0.15) is 18.4 Å². The highest BCUT2D eigenvalue weighted by atomic mass is 79.9. The Balaban J connectivity index is 1.71. The molecule has 3 rings (SSSR count). The molecule has 29 heavy (non-hydrogen) atoms. The maximum absolute atomic E-state index is 13.0. The molecule has 1 fully saturated rings. The number of piperidine rings is 1. The highest BCUT2D eigenvalue weighted by Crippen LogP contribution is 2.27. The van der Waals surface area contributed by atoms with Gasteiger partial charge in [0.2, 0.25) is 15.9 Å². The molecule has 1 saturated heterocycles. The number of hydrogen-bond donors (Lipinski definition) is 0. The zero-order valence-corrected chi connectivity index (χ0v) is 18.9. The molecule has 0 aliphatic carbocycles. The van der Waals surface area contributed by atoms with E-state index in [9.17, 15) is 13.2 Å². The van der Waals surface area contributed by atoms with Crippen molar-refractivity contribution in [1.29, 1.82) is 0 Å². The van der Waals surface area contributed by atoms with E-state index >= 15 is 0 Å². The molecule has 0 radical (unpaired) electrons. The summed E-state index contributed by atoms with van der Waals surface area (Å²) in [7, 11) is -0.268. The fraction of sp³-hybridized carbons (Fsp3) is 0.381. The molecular weight excluding hydrogens is 456 g/mol. The van der Waals surface area contributed by atoms with Gasteiger partial charge in [0.15, 0.2) is 0 Å². The SMILES string of the molecule is COc1ccccc1CN(C)C(=O)C1CCCN(S(=O)(=O)c2ccc(Br)cc2)C1. The van der Waals surface area contributed by atoms with Crippen LogP contribution in [0, 0.1) is 5.92 Å². The summed E-state index contributed by atoms with van der Waals surface area (Å²) in [6, 6.07) is 14.2. The number of ether oxygens (including phenoxy) is 1. The van der Waals surface area contributed by atoms with E-state index in [1.807, 2.05) is 24.3 Å². The van der Waals surface area contributed by atoms with Gasteiger partial charge in [0.1, 0.15) is 5.75 Å². The molecule has 8 heteroatoms. The van der Waals surface area contributed by atoms with Crippen LogP contribution in [-0.4, -0.2) is 50.8 Å². The maximum Gasteiger partial charge on any atom is 0.243 e. The topological polar surface area (TPSA) is 66.9 Å². The standard InChI is InChI=1S/C21H25BrN2O4S/c1-23(14-16-6-3-4-8-20(16)28-2)21(25)17-7-5-13-24(15-17)29(26,27)19-11-9-18(22)10-12-19/h3-4,6,8-12,17H,5,7,13-15H2,1-2H3. The number of methoxy groups -OCH3 is 1. The van der Waals surface area contributed by atoms with E-state index in [0.29, 0.717) is 25.9 Å². The quantitative estimate of drug-likeness (QED) is 0.634. The Hall–Kier alpha value is -1.90. The van der Waals surface area contributed by atoms with Crippen molar-refractivity contribution in [2.24, 2.45) is 5.92 Å². The Morgan fingerprint density at radius 2 is 1.90 bits per heavy atom. The summed E-state index contributed by atoms with van der Waals surface area (Å²) in [5.74, 6) is 0.329. The Morgan fingerprint density at radius 1 is 1.21 bits per heavy atom. The van der Waals surface area contributed by atoms with Gasteiger partial charge >= 0.3 is 0 Å². The second kappa shape index (κ2) is 9.28. The molecular formula is C21H25BrN2O4S. The van der Waals surface area contributed by atoms with Crippen molar-refractivity contribution in [2.45, 2.75) is 24.3 Å². The number of benzene rings is 2. The van der Waals surface area contributed by atoms with E-state index in [2.05, 4.69) is 15.9 Å². The van der Waals surface area contributed by atoms with Gasteiger partial charge in [-0.25, -0.2) is 8.42 Å². The fourth-order valence-corrected chi connectivity index (χ4v) is 5.38. The first-order valence-corrected chi connectivity index (χ1v) is 11.7. The first-order valence-electron chi connectivity index (χ1n) is 9.45. The highest BCUT2D eigenvalue weighted by molar-refractivity contribution is 9.10. The van der Waals surface area contributed by atoms with Crippen LogP contribution in [0.5, 0.6) is 5.75 Å². The molecule has 0 bridgehead atoms. The van der Waals surface area contributed by atoms with Gasteiger partial charge in [-0.15, -0.1) is 0 Å². The van der Waals surface area contributed by atoms with Crippen LogP contribution in [-0.2, 0) is 21.4 Å². The van der Waals surface area contributed by atoms with Gasteiger partial charge in [-0.1, -0.05) is 34.1 Å². The number of halogens is 1. The molecule has 1 aliphatic rings. The summed E-state index contributed by atoms with van der Waals surface area (Å²) in [6.07, 6.45) is 1.34. The fourth-order valence-electron chi connectivity index (χ4n) is 3.60. The van der Waals surface area contributed by atoms with Crippen molar-refractivity contribution in [3.05, 3.63) is 58.6 Å². The highest BCUT2D eigenvalue weighted by Gasteiger charge is 2.34. The average molecular weight is 481 g/mol. The van der Waals surface area contributed by atoms with Crippen LogP contribution in [0.4, 0.5) is 0 Å². The molecule has 156 valence electrons. The van der Waals surface area contributed by atoms with E-state index in [1.165, 1.54) is 4.31 Å². The second-order valence-corrected chi connectivity index (χ2v) is 10.0. The van der Waals surface area contributed by atoms with Gasteiger partial charge in [0.05, 0.1) is 17.9 Å². The summed E-state index contributed by atoms with van der Waals surface area (Å²) in [4.78, 5) is 14.9. The van der Waals surface area contributed by atoms with Gasteiger partial charge in [-0.3, -0.25) is 4.79 Å². The summed E-state index contributed by atoms with van der Waals surface area (Å²) < 4.78 is 33.6. The molecule has 0 spiro atoms. The van der Waals surface area contributed by atoms with Crippen LogP contribution in [0.25, 0.3) is 0 Å². The van der Waals surface area contributed by atoms with E-state index < -0.39 is 10.0 Å². The Morgan fingerprint density at radius 3 is 2.59 bits per heavy atom. The van der Waals surface area contributed by atoms with Crippen LogP contribution < -0.4 is 4.74 Å². The van der Waals surface area contributed by atoms with Crippen molar-refractivity contribution in [3.63, 3.8) is 0 Å². The van der Waals surface area contributed by atoms with Crippen molar-refractivity contribution in [1.82, 2.24) is 9.21 Å². The lowest BCUT2D eigenvalue weighted by atomic mass is 9.98. The van der Waals surface area contributed by atoms with Gasteiger partial charge in [-0.05, 0) is 43.2 Å². The first-order chi connectivity index (χ1) is 13.8. The van der Waals surface area contributed by atoms with E-state index in [1.54, 1.807) is 43.3 Å². The van der Waals surface area contributed by atoms with Gasteiger partial charge < -0.3 is 9.64 Å². The van der Waals surface area contributed by atoms with Gasteiger partial charge in [0, 0.05) is 36.7 Å². The summed E-state index contributed by atoms with van der Waals surface area (Å²) in [6.45, 7) is 1.05. The Labute approximate surface area is 180 Å². The van der Waals surface area contributed by atoms with Crippen LogP contribution >= 0.6 is 15.9 Å². The average Bonchev–Trinajstić information content (AvgIpc) is 2.74. The predicted molar refractivity (Wildman–Crippen MR) is 115 cm³/mol. The minimum Gasteiger partial charge on any atom is -0.496 e. The molecule has 0 aromatic heterocycles. The van der Waals surface area contributed by atoms with E-state index in [4.69, 9.17) is 4.74 Å². The predicted octanol–water partition coefficient (Wildman–Crippen LogP) is 3.52. The van der Waals surface area contributed by atoms with Crippen molar-refractivity contribution >= 4 is 31.9 Å². The lowest BCUT2D eigenvalue weighted by Gasteiger charge is -2.33. The number of rotatable bonds is 6. The molecule has 1 aliphatic heterocycles. The third kappa shape index (κ3) is 4.99. The summed E-state index contributed by atoms with van der Waals surface area (Å²) in [5, 5.41) is 0. The minimum absolute atomic E-state index is 0.0494. The molecule has 1 heterocycles. The monoisotopic (exact) mass is 480 g/mol. The van der Waals surface area contributed by atoms with Crippen LogP contribution in [0.3, 0.4) is 0 Å². The third-order valence-electron chi connectivity index (χ3n) is 5.16. The molecule has 0 N–H and O–H groups in total. The number of amides is 1. The van der Waals surface area contributed by atoms with Crippen molar-refractivity contribution in [2.75, 3.05) is 27.2 Å². The normalized spacial score (nSPS) is 17.7. The number of carbonyl (C=O) groups is 1. The number of hydrogen-bond acceptors (Lipinski definition) is 4. The number of para-hydroxylation sites is 1. The molecule has 1 atom stereocenters. The molecule has 1 unspecified atom stereocenters. The molecule has 6 nitrogen and oxygen atoms in total. The zero-order chi connectivity index (χ0) is 21.0. The molecule has 1 amide bonds. The number of sulfonamides is 1. The summed E-state index contributed by atoms with van der Waals surface area (Å²) >= 11 is 3.32. The van der Waals surface area contributed by atoms with Crippen molar-refractivity contribution in [3.8, 4) is 5.75 Å². The molecule has 0 saturated carbocycles. The Bertz CT molecular complexity index is 963.